The van der Waals surface area contributed by atoms with Gasteiger partial charge in [0.1, 0.15) is 0 Å². The van der Waals surface area contributed by atoms with E-state index in [0.717, 1.165) is 27.6 Å². The van der Waals surface area contributed by atoms with Crippen LogP contribution in [-0.2, 0) is 0 Å². The molecule has 0 unspecified atom stereocenters. The van der Waals surface area contributed by atoms with Crippen molar-refractivity contribution in [3.8, 4) is 22.3 Å². The summed E-state index contributed by atoms with van der Waals surface area (Å²) in [5.74, 6) is 0. The van der Waals surface area contributed by atoms with Gasteiger partial charge in [-0.2, -0.15) is 0 Å². The van der Waals surface area contributed by atoms with Gasteiger partial charge >= 0.3 is 0 Å². The molecule has 0 N–H and O–H groups in total. The van der Waals surface area contributed by atoms with Gasteiger partial charge in [0.2, 0.25) is 0 Å². The largest absolute Gasteiger partial charge is 0.289 e. The molecule has 1 heteroatoms. The monoisotopic (exact) mass is 256 g/mol. The highest BCUT2D eigenvalue weighted by molar-refractivity contribution is 6.05. The van der Waals surface area contributed by atoms with Crippen LogP contribution in [0.3, 0.4) is 0 Å². The van der Waals surface area contributed by atoms with Crippen molar-refractivity contribution in [3.05, 3.63) is 83.0 Å². The van der Waals surface area contributed by atoms with Crippen LogP contribution in [0.5, 0.6) is 0 Å². The highest BCUT2D eigenvalue weighted by atomic mass is 16.1. The minimum absolute atomic E-state index is 0.174. The first kappa shape index (κ1) is 11.2. The van der Waals surface area contributed by atoms with Crippen molar-refractivity contribution in [2.24, 2.45) is 0 Å². The molecular weight excluding hydrogens is 244 g/mol. The summed E-state index contributed by atoms with van der Waals surface area (Å²) in [6.07, 6.45) is 0. The first-order valence-electron chi connectivity index (χ1n) is 6.69. The summed E-state index contributed by atoms with van der Waals surface area (Å²) in [6, 6.07) is 24.2. The molecule has 0 aliphatic carbocycles. The smallest absolute Gasteiger partial charge is 0.195 e. The van der Waals surface area contributed by atoms with Crippen molar-refractivity contribution in [1.82, 2.24) is 0 Å². The van der Waals surface area contributed by atoms with Gasteiger partial charge in [0.25, 0.3) is 0 Å². The van der Waals surface area contributed by atoms with Crippen LogP contribution in [0, 0.1) is 0 Å². The predicted octanol–water partition coefficient (Wildman–Crippen LogP) is 4.41. The fourth-order valence-corrected chi connectivity index (χ4v) is 2.75. The van der Waals surface area contributed by atoms with E-state index in [1.807, 2.05) is 54.6 Å². The first-order chi connectivity index (χ1) is 9.86. The Kier molecular flexibility index (Phi) is 2.33. The van der Waals surface area contributed by atoms with E-state index in [-0.39, 0.29) is 5.43 Å². The number of hydrogen-bond acceptors (Lipinski definition) is 1. The normalized spacial score (nSPS) is 11.2. The van der Waals surface area contributed by atoms with Gasteiger partial charge in [-0.15, -0.1) is 0 Å². The molecule has 0 spiro atoms. The van der Waals surface area contributed by atoms with Crippen LogP contribution in [-0.4, -0.2) is 0 Å². The van der Waals surface area contributed by atoms with Gasteiger partial charge in [0.05, 0.1) is 0 Å². The maximum absolute atomic E-state index is 12.2. The molecule has 20 heavy (non-hydrogen) atoms. The van der Waals surface area contributed by atoms with Crippen LogP contribution in [0.1, 0.15) is 0 Å². The Morgan fingerprint density at radius 3 is 2.15 bits per heavy atom. The Bertz CT molecular complexity index is 904. The van der Waals surface area contributed by atoms with Crippen LogP contribution < -0.4 is 5.43 Å². The lowest BCUT2D eigenvalue weighted by molar-refractivity contribution is 1.70. The standard InChI is InChI=1S/C19H12O/c20-19-17(14-8-2-1-3-9-14)18(19)16-12-6-10-13-7-4-5-11-15(13)16/h1-12H. The average Bonchev–Trinajstić information content (AvgIpc) is 3.18. The number of hydrogen-bond donors (Lipinski definition) is 0. The summed E-state index contributed by atoms with van der Waals surface area (Å²) in [7, 11) is 0. The van der Waals surface area contributed by atoms with Gasteiger partial charge in [-0.1, -0.05) is 72.8 Å². The Morgan fingerprint density at radius 1 is 0.600 bits per heavy atom. The van der Waals surface area contributed by atoms with Gasteiger partial charge in [0, 0.05) is 11.1 Å². The Hall–Kier alpha value is -2.67. The van der Waals surface area contributed by atoms with Crippen LogP contribution >= 0.6 is 0 Å². The third kappa shape index (κ3) is 1.60. The molecule has 94 valence electrons. The van der Waals surface area contributed by atoms with Gasteiger partial charge in [0.15, 0.2) is 5.43 Å². The highest BCUT2D eigenvalue weighted by Crippen LogP contribution is 2.37. The number of rotatable bonds is 2. The van der Waals surface area contributed by atoms with Crippen molar-refractivity contribution >= 4 is 10.8 Å². The summed E-state index contributed by atoms with van der Waals surface area (Å²) in [5, 5.41) is 2.31. The second-order valence-corrected chi connectivity index (χ2v) is 4.97. The van der Waals surface area contributed by atoms with E-state index in [1.165, 1.54) is 5.39 Å². The molecule has 0 heterocycles. The molecule has 4 aromatic carbocycles. The molecule has 0 atom stereocenters. The molecule has 0 fully saturated rings. The van der Waals surface area contributed by atoms with Crippen molar-refractivity contribution in [1.29, 1.82) is 0 Å². The molecule has 1 nitrogen and oxygen atoms in total. The second kappa shape index (κ2) is 4.17. The molecule has 0 saturated carbocycles. The van der Waals surface area contributed by atoms with E-state index >= 15 is 0 Å². The zero-order valence-corrected chi connectivity index (χ0v) is 10.8. The average molecular weight is 256 g/mol. The molecule has 0 saturated heterocycles. The Balaban J connectivity index is 1.93. The van der Waals surface area contributed by atoms with Gasteiger partial charge < -0.3 is 0 Å². The maximum Gasteiger partial charge on any atom is 0.195 e. The van der Waals surface area contributed by atoms with E-state index in [0.29, 0.717) is 0 Å². The molecular formula is C19H12O. The zero-order valence-electron chi connectivity index (χ0n) is 10.8. The van der Waals surface area contributed by atoms with Crippen molar-refractivity contribution in [3.63, 3.8) is 0 Å². The van der Waals surface area contributed by atoms with E-state index in [2.05, 4.69) is 18.2 Å². The summed E-state index contributed by atoms with van der Waals surface area (Å²) in [6.45, 7) is 0. The third-order valence-corrected chi connectivity index (χ3v) is 3.76. The lowest BCUT2D eigenvalue weighted by Crippen LogP contribution is -1.80. The van der Waals surface area contributed by atoms with Crippen molar-refractivity contribution in [2.75, 3.05) is 0 Å². The van der Waals surface area contributed by atoms with Crippen LogP contribution in [0.25, 0.3) is 33.0 Å². The molecule has 0 amide bonds. The number of benzene rings is 3. The topological polar surface area (TPSA) is 17.1 Å². The molecule has 4 rings (SSSR count). The maximum atomic E-state index is 12.2. The molecule has 0 bridgehead atoms. The molecule has 0 radical (unpaired) electrons. The second-order valence-electron chi connectivity index (χ2n) is 4.97. The third-order valence-electron chi connectivity index (χ3n) is 3.76. The van der Waals surface area contributed by atoms with Gasteiger partial charge in [-0.25, -0.2) is 0 Å². The molecule has 0 aliphatic heterocycles. The zero-order chi connectivity index (χ0) is 13.5. The quantitative estimate of drug-likeness (QED) is 0.519. The highest BCUT2D eigenvalue weighted by Gasteiger charge is 2.25. The molecule has 0 aromatic heterocycles. The Labute approximate surface area is 116 Å². The van der Waals surface area contributed by atoms with Crippen molar-refractivity contribution in [2.45, 2.75) is 0 Å². The summed E-state index contributed by atoms with van der Waals surface area (Å²) in [5.41, 5.74) is 3.97. The summed E-state index contributed by atoms with van der Waals surface area (Å²) >= 11 is 0. The van der Waals surface area contributed by atoms with Crippen molar-refractivity contribution < 1.29 is 0 Å². The summed E-state index contributed by atoms with van der Waals surface area (Å²) < 4.78 is 0. The number of fused-ring (bicyclic) bond motifs is 1. The predicted molar refractivity (Wildman–Crippen MR) is 83.5 cm³/mol. The minimum atomic E-state index is 0.174. The van der Waals surface area contributed by atoms with E-state index in [9.17, 15) is 4.79 Å². The van der Waals surface area contributed by atoms with Crippen LogP contribution in [0.15, 0.2) is 77.6 Å². The minimum Gasteiger partial charge on any atom is -0.289 e. The lowest BCUT2D eigenvalue weighted by Gasteiger charge is -2.01. The van der Waals surface area contributed by atoms with Crippen LogP contribution in [0.2, 0.25) is 0 Å². The SMILES string of the molecule is O=c1c(-c2ccccc2)c1-c1cccc2ccccc12. The molecule has 4 aromatic rings. The fourth-order valence-electron chi connectivity index (χ4n) is 2.75. The van der Waals surface area contributed by atoms with Crippen LogP contribution in [0.4, 0.5) is 0 Å². The van der Waals surface area contributed by atoms with E-state index in [4.69, 9.17) is 0 Å². The first-order valence-corrected chi connectivity index (χ1v) is 6.69. The molecule has 0 aliphatic rings. The van der Waals surface area contributed by atoms with E-state index < -0.39 is 0 Å². The lowest BCUT2D eigenvalue weighted by atomic mass is 10.0. The van der Waals surface area contributed by atoms with E-state index in [1.54, 1.807) is 0 Å². The Morgan fingerprint density at radius 2 is 1.30 bits per heavy atom. The summed E-state index contributed by atoms with van der Waals surface area (Å²) in [4.78, 5) is 12.2. The van der Waals surface area contributed by atoms with Gasteiger partial charge in [-0.3, -0.25) is 4.79 Å². The van der Waals surface area contributed by atoms with Gasteiger partial charge in [-0.05, 0) is 21.9 Å². The fraction of sp³-hybridized carbons (Fsp3) is 0.